The Bertz CT molecular complexity index is 318. The van der Waals surface area contributed by atoms with Gasteiger partial charge in [-0.15, -0.1) is 0 Å². The maximum Gasteiger partial charge on any atom is 0.0594 e. The van der Waals surface area contributed by atoms with Gasteiger partial charge in [0.1, 0.15) is 0 Å². The lowest BCUT2D eigenvalue weighted by Crippen LogP contribution is -2.33. The van der Waals surface area contributed by atoms with Crippen molar-refractivity contribution in [1.29, 1.82) is 0 Å². The van der Waals surface area contributed by atoms with Crippen molar-refractivity contribution in [3.05, 3.63) is 35.4 Å². The van der Waals surface area contributed by atoms with Crippen LogP contribution in [0.3, 0.4) is 0 Å². The Balaban J connectivity index is 2.00. The Kier molecular flexibility index (Phi) is 3.08. The van der Waals surface area contributed by atoms with Crippen LogP contribution in [0.2, 0.25) is 0 Å². The van der Waals surface area contributed by atoms with Crippen molar-refractivity contribution in [2.75, 3.05) is 20.1 Å². The number of likely N-dealkylation sites (N-methyl/N-ethyl adjacent to an activating group) is 1. The fourth-order valence-electron chi connectivity index (χ4n) is 2.08. The van der Waals surface area contributed by atoms with Crippen LogP contribution in [0.1, 0.15) is 18.1 Å². The van der Waals surface area contributed by atoms with Crippen molar-refractivity contribution < 1.29 is 0 Å². The van der Waals surface area contributed by atoms with Gasteiger partial charge >= 0.3 is 0 Å². The molecule has 2 rings (SSSR count). The lowest BCUT2D eigenvalue weighted by Gasteiger charge is -2.24. The van der Waals surface area contributed by atoms with Crippen LogP contribution < -0.4 is 0 Å². The van der Waals surface area contributed by atoms with Gasteiger partial charge in [-0.25, -0.2) is 0 Å². The molecule has 1 aromatic carbocycles. The van der Waals surface area contributed by atoms with E-state index in [1.807, 2.05) is 0 Å². The van der Waals surface area contributed by atoms with Gasteiger partial charge in [0.15, 0.2) is 0 Å². The number of benzene rings is 1. The third-order valence-corrected chi connectivity index (χ3v) is 3.41. The number of nitrogens with zero attached hydrogens (tertiary/aromatic N) is 2. The number of rotatable bonds is 2. The van der Waals surface area contributed by atoms with Crippen molar-refractivity contribution in [3.63, 3.8) is 0 Å². The van der Waals surface area contributed by atoms with Crippen LogP contribution in [0.4, 0.5) is 0 Å². The highest BCUT2D eigenvalue weighted by molar-refractivity contribution is 5.21. The molecule has 0 radical (unpaired) electrons. The van der Waals surface area contributed by atoms with Crippen LogP contribution >= 0.6 is 0 Å². The highest BCUT2D eigenvalue weighted by Gasteiger charge is 2.24. The maximum atomic E-state index is 2.52. The highest BCUT2D eigenvalue weighted by Crippen LogP contribution is 2.15. The van der Waals surface area contributed by atoms with Gasteiger partial charge in [0.25, 0.3) is 0 Å². The highest BCUT2D eigenvalue weighted by atomic mass is 15.4. The summed E-state index contributed by atoms with van der Waals surface area (Å²) in [6, 6.07) is 8.86. The van der Waals surface area contributed by atoms with Gasteiger partial charge in [-0.2, -0.15) is 0 Å². The van der Waals surface area contributed by atoms with Crippen LogP contribution in [-0.2, 0) is 6.54 Å². The van der Waals surface area contributed by atoms with Crippen LogP contribution in [-0.4, -0.2) is 36.1 Å². The second-order valence-electron chi connectivity index (χ2n) is 4.57. The molecule has 0 aliphatic carbocycles. The Morgan fingerprint density at radius 1 is 1.20 bits per heavy atom. The smallest absolute Gasteiger partial charge is 0.0594 e. The second-order valence-corrected chi connectivity index (χ2v) is 4.57. The minimum Gasteiger partial charge on any atom is -0.290 e. The molecular formula is C13H20N2. The zero-order chi connectivity index (χ0) is 10.8. The first-order valence-corrected chi connectivity index (χ1v) is 5.66. The summed E-state index contributed by atoms with van der Waals surface area (Å²) in [5, 5.41) is 0. The molecule has 0 bridgehead atoms. The van der Waals surface area contributed by atoms with Crippen molar-refractivity contribution >= 4 is 0 Å². The lowest BCUT2D eigenvalue weighted by atomic mass is 10.1. The molecule has 2 nitrogen and oxygen atoms in total. The van der Waals surface area contributed by atoms with Crippen molar-refractivity contribution in [2.45, 2.75) is 26.6 Å². The minimum atomic E-state index is 0.575. The van der Waals surface area contributed by atoms with Gasteiger partial charge in [0, 0.05) is 19.6 Å². The Morgan fingerprint density at radius 2 is 1.87 bits per heavy atom. The van der Waals surface area contributed by atoms with Gasteiger partial charge in [0.2, 0.25) is 0 Å². The quantitative estimate of drug-likeness (QED) is 0.728. The lowest BCUT2D eigenvalue weighted by molar-refractivity contribution is 0.170. The molecule has 1 aliphatic rings. The molecule has 82 valence electrons. The predicted octanol–water partition coefficient (Wildman–Crippen LogP) is 2.09. The third kappa shape index (κ3) is 2.39. The van der Waals surface area contributed by atoms with E-state index >= 15 is 0 Å². The molecule has 0 N–H and O–H groups in total. The third-order valence-electron chi connectivity index (χ3n) is 3.41. The molecule has 1 fully saturated rings. The molecule has 0 spiro atoms. The topological polar surface area (TPSA) is 6.48 Å². The standard InChI is InChI=1S/C13H20N2/c1-11-4-6-13(7-5-11)10-15-9-8-14(3)12(15)2/h4-7,12H,8-10H2,1-3H3. The molecule has 1 atom stereocenters. The summed E-state index contributed by atoms with van der Waals surface area (Å²) in [7, 11) is 2.19. The SMILES string of the molecule is Cc1ccc(CN2CCN(C)C2C)cc1. The summed E-state index contributed by atoms with van der Waals surface area (Å²) < 4.78 is 0. The van der Waals surface area contributed by atoms with Crippen molar-refractivity contribution in [1.82, 2.24) is 9.80 Å². The summed E-state index contributed by atoms with van der Waals surface area (Å²) in [6.45, 7) is 7.86. The fourth-order valence-corrected chi connectivity index (χ4v) is 2.08. The van der Waals surface area contributed by atoms with E-state index in [-0.39, 0.29) is 0 Å². The number of hydrogen-bond donors (Lipinski definition) is 0. The average molecular weight is 204 g/mol. The molecular weight excluding hydrogens is 184 g/mol. The van der Waals surface area contributed by atoms with E-state index in [0.717, 1.165) is 6.54 Å². The van der Waals surface area contributed by atoms with Gasteiger partial charge in [-0.05, 0) is 26.5 Å². The summed E-state index contributed by atoms with van der Waals surface area (Å²) in [4.78, 5) is 4.92. The largest absolute Gasteiger partial charge is 0.290 e. The van der Waals surface area contributed by atoms with E-state index in [2.05, 4.69) is 55.0 Å². The van der Waals surface area contributed by atoms with Gasteiger partial charge in [0.05, 0.1) is 6.17 Å². The van der Waals surface area contributed by atoms with Crippen LogP contribution in [0.15, 0.2) is 24.3 Å². The molecule has 0 saturated carbocycles. The monoisotopic (exact) mass is 204 g/mol. The summed E-state index contributed by atoms with van der Waals surface area (Å²) in [5.74, 6) is 0. The van der Waals surface area contributed by atoms with E-state index in [0.29, 0.717) is 6.17 Å². The summed E-state index contributed by atoms with van der Waals surface area (Å²) >= 11 is 0. The summed E-state index contributed by atoms with van der Waals surface area (Å²) in [5.41, 5.74) is 2.76. The molecule has 1 unspecified atom stereocenters. The molecule has 1 heterocycles. The van der Waals surface area contributed by atoms with Gasteiger partial charge < -0.3 is 0 Å². The zero-order valence-electron chi connectivity index (χ0n) is 9.90. The van der Waals surface area contributed by atoms with Crippen molar-refractivity contribution in [2.24, 2.45) is 0 Å². The van der Waals surface area contributed by atoms with Crippen LogP contribution in [0.25, 0.3) is 0 Å². The summed E-state index contributed by atoms with van der Waals surface area (Å²) in [6.07, 6.45) is 0.575. The van der Waals surface area contributed by atoms with Gasteiger partial charge in [-0.1, -0.05) is 29.8 Å². The molecule has 1 aliphatic heterocycles. The van der Waals surface area contributed by atoms with Crippen LogP contribution in [0.5, 0.6) is 0 Å². The van der Waals surface area contributed by atoms with E-state index in [4.69, 9.17) is 0 Å². The first-order chi connectivity index (χ1) is 7.16. The normalized spacial score (nSPS) is 23.5. The van der Waals surface area contributed by atoms with Gasteiger partial charge in [-0.3, -0.25) is 9.80 Å². The molecule has 15 heavy (non-hydrogen) atoms. The Hall–Kier alpha value is -0.860. The maximum absolute atomic E-state index is 2.52. The van der Waals surface area contributed by atoms with Crippen LogP contribution in [0, 0.1) is 6.92 Å². The molecule has 0 aromatic heterocycles. The molecule has 1 saturated heterocycles. The number of aryl methyl sites for hydroxylation is 1. The molecule has 1 aromatic rings. The second kappa shape index (κ2) is 4.33. The molecule has 0 amide bonds. The predicted molar refractivity (Wildman–Crippen MR) is 63.7 cm³/mol. The molecule has 2 heteroatoms. The van der Waals surface area contributed by atoms with Crippen molar-refractivity contribution in [3.8, 4) is 0 Å². The Morgan fingerprint density at radius 3 is 2.40 bits per heavy atom. The van der Waals surface area contributed by atoms with E-state index in [1.165, 1.54) is 24.2 Å². The fraction of sp³-hybridized carbons (Fsp3) is 0.538. The average Bonchev–Trinajstić information content (AvgIpc) is 2.53. The number of hydrogen-bond acceptors (Lipinski definition) is 2. The van der Waals surface area contributed by atoms with E-state index < -0.39 is 0 Å². The first-order valence-electron chi connectivity index (χ1n) is 5.66. The first kappa shape index (κ1) is 10.7. The zero-order valence-corrected chi connectivity index (χ0v) is 9.90. The minimum absolute atomic E-state index is 0.575. The van der Waals surface area contributed by atoms with E-state index in [1.54, 1.807) is 0 Å². The Labute approximate surface area is 92.5 Å². The van der Waals surface area contributed by atoms with E-state index in [9.17, 15) is 0 Å².